The molecule has 29 heavy (non-hydrogen) atoms. The lowest BCUT2D eigenvalue weighted by molar-refractivity contribution is -0.384. The fourth-order valence-electron chi connectivity index (χ4n) is 2.61. The minimum Gasteiger partial charge on any atom is -0.299 e. The standard InChI is InChI=1S/C16H21N5O5S3/c1-5-12(14(22)17-15-18-19-16(28-15)27-6-2)20(29(4,25)26)13-9-11(21(23)24)8-7-10(13)3/h7-9,12H,5-6H2,1-4H3,(H,17,18,22)/t12-/m1/s1. The van der Waals surface area contributed by atoms with Gasteiger partial charge >= 0.3 is 0 Å². The molecular formula is C16H21N5O5S3. The minimum absolute atomic E-state index is 0.0863. The molecule has 0 spiro atoms. The average Bonchev–Trinajstić information content (AvgIpc) is 3.06. The van der Waals surface area contributed by atoms with Crippen LogP contribution in [0.25, 0.3) is 0 Å². The molecule has 1 aromatic carbocycles. The van der Waals surface area contributed by atoms with Gasteiger partial charge in [0.15, 0.2) is 4.34 Å². The topological polar surface area (TPSA) is 135 Å². The van der Waals surface area contributed by atoms with Gasteiger partial charge in [-0.1, -0.05) is 43.0 Å². The van der Waals surface area contributed by atoms with E-state index in [1.54, 1.807) is 13.8 Å². The number of anilines is 2. The summed E-state index contributed by atoms with van der Waals surface area (Å²) in [4.78, 5) is 23.4. The summed E-state index contributed by atoms with van der Waals surface area (Å²) in [7, 11) is -3.92. The number of amides is 1. The van der Waals surface area contributed by atoms with Gasteiger partial charge in [0.1, 0.15) is 6.04 Å². The van der Waals surface area contributed by atoms with Crippen LogP contribution in [0.4, 0.5) is 16.5 Å². The number of non-ortho nitro benzene ring substituents is 1. The number of thioether (sulfide) groups is 1. The first-order chi connectivity index (χ1) is 13.6. The molecule has 0 aliphatic heterocycles. The Morgan fingerprint density at radius 1 is 1.38 bits per heavy atom. The summed E-state index contributed by atoms with van der Waals surface area (Å²) in [6, 6.07) is 2.79. The highest BCUT2D eigenvalue weighted by Gasteiger charge is 2.33. The number of benzene rings is 1. The molecule has 158 valence electrons. The number of sulfonamides is 1. The molecule has 1 aromatic heterocycles. The van der Waals surface area contributed by atoms with Crippen LogP contribution >= 0.6 is 23.1 Å². The van der Waals surface area contributed by atoms with Crippen molar-refractivity contribution in [3.8, 4) is 0 Å². The average molecular weight is 460 g/mol. The van der Waals surface area contributed by atoms with Crippen molar-refractivity contribution in [1.29, 1.82) is 0 Å². The van der Waals surface area contributed by atoms with E-state index in [0.29, 0.717) is 9.90 Å². The molecule has 0 saturated carbocycles. The van der Waals surface area contributed by atoms with Crippen LogP contribution in [0.2, 0.25) is 0 Å². The lowest BCUT2D eigenvalue weighted by atomic mass is 10.1. The van der Waals surface area contributed by atoms with Gasteiger partial charge in [-0.15, -0.1) is 10.2 Å². The van der Waals surface area contributed by atoms with Crippen molar-refractivity contribution in [3.05, 3.63) is 33.9 Å². The van der Waals surface area contributed by atoms with E-state index in [2.05, 4.69) is 15.5 Å². The van der Waals surface area contributed by atoms with Crippen LogP contribution in [0.15, 0.2) is 22.5 Å². The summed E-state index contributed by atoms with van der Waals surface area (Å²) < 4.78 is 26.7. The highest BCUT2D eigenvalue weighted by molar-refractivity contribution is 8.01. The Labute approximate surface area is 176 Å². The predicted octanol–water partition coefficient (Wildman–Crippen LogP) is 3.05. The first-order valence-electron chi connectivity index (χ1n) is 8.60. The van der Waals surface area contributed by atoms with Crippen LogP contribution in [0.3, 0.4) is 0 Å². The number of nitro groups is 1. The van der Waals surface area contributed by atoms with Gasteiger partial charge in [-0.3, -0.25) is 24.5 Å². The summed E-state index contributed by atoms with van der Waals surface area (Å²) in [5.74, 6) is 0.210. The van der Waals surface area contributed by atoms with Gasteiger partial charge in [0, 0.05) is 12.1 Å². The third-order valence-electron chi connectivity index (χ3n) is 3.88. The molecule has 0 aliphatic rings. The molecule has 13 heteroatoms. The number of aromatic nitrogens is 2. The lowest BCUT2D eigenvalue weighted by Crippen LogP contribution is -2.47. The molecular weight excluding hydrogens is 438 g/mol. The number of hydrogen-bond acceptors (Lipinski definition) is 9. The Balaban J connectivity index is 2.43. The zero-order chi connectivity index (χ0) is 21.8. The van der Waals surface area contributed by atoms with Gasteiger partial charge in [0.05, 0.1) is 16.9 Å². The molecule has 10 nitrogen and oxygen atoms in total. The fraction of sp³-hybridized carbons (Fsp3) is 0.438. The van der Waals surface area contributed by atoms with Crippen LogP contribution in [0, 0.1) is 17.0 Å². The van der Waals surface area contributed by atoms with E-state index in [-0.39, 0.29) is 22.9 Å². The summed E-state index contributed by atoms with van der Waals surface area (Å²) in [5.41, 5.74) is 0.313. The largest absolute Gasteiger partial charge is 0.299 e. The summed E-state index contributed by atoms with van der Waals surface area (Å²) in [6.07, 6.45) is 1.11. The Hall–Kier alpha value is -2.25. The van der Waals surface area contributed by atoms with E-state index in [4.69, 9.17) is 0 Å². The molecule has 0 unspecified atom stereocenters. The van der Waals surface area contributed by atoms with Gasteiger partial charge in [-0.25, -0.2) is 8.42 Å². The van der Waals surface area contributed by atoms with Gasteiger partial charge in [0.25, 0.3) is 5.69 Å². The second-order valence-corrected chi connectivity index (χ2v) is 10.4. The second-order valence-electron chi connectivity index (χ2n) is 6.01. The van der Waals surface area contributed by atoms with Crippen LogP contribution in [0.1, 0.15) is 25.8 Å². The summed E-state index contributed by atoms with van der Waals surface area (Å²) >= 11 is 2.66. The van der Waals surface area contributed by atoms with Crippen LogP contribution in [0.5, 0.6) is 0 Å². The number of carbonyl (C=O) groups excluding carboxylic acids is 1. The van der Waals surface area contributed by atoms with Crippen molar-refractivity contribution < 1.29 is 18.1 Å². The number of rotatable bonds is 9. The van der Waals surface area contributed by atoms with Crippen molar-refractivity contribution >= 4 is 55.5 Å². The molecule has 0 bridgehead atoms. The SMILES string of the molecule is CCSc1nnc(NC(=O)[C@@H](CC)N(c2cc([N+](=O)[O-])ccc2C)S(C)(=O)=O)s1. The highest BCUT2D eigenvalue weighted by atomic mass is 32.2. The van der Waals surface area contributed by atoms with Gasteiger partial charge in [-0.05, 0) is 24.7 Å². The Morgan fingerprint density at radius 3 is 2.62 bits per heavy atom. The summed E-state index contributed by atoms with van der Waals surface area (Å²) in [6.45, 7) is 5.25. The van der Waals surface area contributed by atoms with E-state index >= 15 is 0 Å². The van der Waals surface area contributed by atoms with Gasteiger partial charge in [-0.2, -0.15) is 0 Å². The van der Waals surface area contributed by atoms with Crippen LogP contribution < -0.4 is 9.62 Å². The van der Waals surface area contributed by atoms with Gasteiger partial charge in [0.2, 0.25) is 21.1 Å². The second kappa shape index (κ2) is 9.50. The molecule has 0 aliphatic carbocycles. The smallest absolute Gasteiger partial charge is 0.271 e. The third-order valence-corrected chi connectivity index (χ3v) is 6.90. The van der Waals surface area contributed by atoms with E-state index in [1.807, 2.05) is 6.92 Å². The number of carbonyl (C=O) groups is 1. The molecule has 1 atom stereocenters. The maximum Gasteiger partial charge on any atom is 0.271 e. The zero-order valence-electron chi connectivity index (χ0n) is 16.3. The predicted molar refractivity (Wildman–Crippen MR) is 114 cm³/mol. The normalized spacial score (nSPS) is 12.4. The van der Waals surface area contributed by atoms with Crippen molar-refractivity contribution in [3.63, 3.8) is 0 Å². The number of nitrogens with one attached hydrogen (secondary N) is 1. The molecule has 2 aromatic rings. The highest BCUT2D eigenvalue weighted by Crippen LogP contribution is 2.31. The third kappa shape index (κ3) is 5.64. The first kappa shape index (κ1) is 23.0. The van der Waals surface area contributed by atoms with Crippen molar-refractivity contribution in [2.75, 3.05) is 21.6 Å². The van der Waals surface area contributed by atoms with Crippen LogP contribution in [-0.4, -0.2) is 47.5 Å². The zero-order valence-corrected chi connectivity index (χ0v) is 18.7. The van der Waals surface area contributed by atoms with E-state index in [9.17, 15) is 23.3 Å². The van der Waals surface area contributed by atoms with Crippen molar-refractivity contribution in [1.82, 2.24) is 10.2 Å². The number of aryl methyl sites for hydroxylation is 1. The maximum absolute atomic E-state index is 12.9. The minimum atomic E-state index is -3.92. The number of nitrogens with zero attached hydrogens (tertiary/aromatic N) is 4. The number of hydrogen-bond donors (Lipinski definition) is 1. The molecule has 1 N–H and O–H groups in total. The molecule has 0 radical (unpaired) electrons. The molecule has 0 saturated heterocycles. The van der Waals surface area contributed by atoms with Crippen molar-refractivity contribution in [2.24, 2.45) is 0 Å². The van der Waals surface area contributed by atoms with Gasteiger partial charge < -0.3 is 0 Å². The quantitative estimate of drug-likeness (QED) is 0.262. The summed E-state index contributed by atoms with van der Waals surface area (Å²) in [5, 5.41) is 21.9. The van der Waals surface area contributed by atoms with Crippen LogP contribution in [-0.2, 0) is 14.8 Å². The Bertz CT molecular complexity index is 1010. The van der Waals surface area contributed by atoms with E-state index < -0.39 is 26.9 Å². The number of nitro benzene ring substituents is 1. The van der Waals surface area contributed by atoms with E-state index in [0.717, 1.165) is 22.4 Å². The molecule has 1 heterocycles. The Morgan fingerprint density at radius 2 is 2.07 bits per heavy atom. The maximum atomic E-state index is 12.9. The fourth-order valence-corrected chi connectivity index (χ4v) is 5.53. The molecule has 0 fully saturated rings. The monoisotopic (exact) mass is 459 g/mol. The van der Waals surface area contributed by atoms with E-state index in [1.165, 1.54) is 35.2 Å². The molecule has 2 rings (SSSR count). The first-order valence-corrected chi connectivity index (χ1v) is 12.2. The Kier molecular flexibility index (Phi) is 7.54. The molecule has 1 amide bonds. The van der Waals surface area contributed by atoms with Crippen molar-refractivity contribution in [2.45, 2.75) is 37.6 Å². The lowest BCUT2D eigenvalue weighted by Gasteiger charge is -2.30.